The second-order valence-electron chi connectivity index (χ2n) is 3.43. The zero-order chi connectivity index (χ0) is 9.15. The summed E-state index contributed by atoms with van der Waals surface area (Å²) in [6.07, 6.45) is 3.05. The molecule has 0 radical (unpaired) electrons. The highest BCUT2D eigenvalue weighted by Crippen LogP contribution is 2.43. The Morgan fingerprint density at radius 3 is 2.38 bits per heavy atom. The topological polar surface area (TPSA) is 26.3 Å². The van der Waals surface area contributed by atoms with Crippen molar-refractivity contribution in [2.45, 2.75) is 24.9 Å². The first-order chi connectivity index (χ1) is 6.37. The normalized spacial score (nSPS) is 18.8. The summed E-state index contributed by atoms with van der Waals surface area (Å²) in [4.78, 5) is 10.4. The highest BCUT2D eigenvalue weighted by atomic mass is 16.5. The Labute approximate surface area is 77.5 Å². The molecule has 0 aliphatic heterocycles. The number of hydrogen-bond donors (Lipinski definition) is 0. The van der Waals surface area contributed by atoms with Gasteiger partial charge in [-0.05, 0) is 24.8 Å². The van der Waals surface area contributed by atoms with Crippen LogP contribution < -0.4 is 0 Å². The van der Waals surface area contributed by atoms with Crippen LogP contribution >= 0.6 is 0 Å². The maximum Gasteiger partial charge on any atom is 0.293 e. The summed E-state index contributed by atoms with van der Waals surface area (Å²) in [5.41, 5.74) is 0.816. The minimum absolute atomic E-state index is 0.303. The van der Waals surface area contributed by atoms with E-state index in [9.17, 15) is 4.79 Å². The van der Waals surface area contributed by atoms with Crippen molar-refractivity contribution in [3.8, 4) is 0 Å². The largest absolute Gasteiger partial charge is 0.456 e. The Hall–Kier alpha value is -1.31. The standard InChI is InChI=1S/C11H12O2/c12-9-13-11(7-4-8-11)10-5-2-1-3-6-10/h1-3,5-6,9H,4,7-8H2. The van der Waals surface area contributed by atoms with Gasteiger partial charge in [-0.2, -0.15) is 0 Å². The molecule has 0 unspecified atom stereocenters. The molecular weight excluding hydrogens is 164 g/mol. The lowest BCUT2D eigenvalue weighted by atomic mass is 9.75. The van der Waals surface area contributed by atoms with Crippen LogP contribution in [0.5, 0.6) is 0 Å². The average Bonchev–Trinajstić information content (AvgIpc) is 2.13. The van der Waals surface area contributed by atoms with E-state index in [-0.39, 0.29) is 5.60 Å². The van der Waals surface area contributed by atoms with E-state index in [1.165, 1.54) is 0 Å². The first-order valence-electron chi connectivity index (χ1n) is 4.54. The number of carbonyl (C=O) groups excluding carboxylic acids is 1. The van der Waals surface area contributed by atoms with Gasteiger partial charge in [0.15, 0.2) is 0 Å². The van der Waals surface area contributed by atoms with E-state index >= 15 is 0 Å². The molecule has 1 fully saturated rings. The lowest BCUT2D eigenvalue weighted by Gasteiger charge is -2.40. The first-order valence-corrected chi connectivity index (χ1v) is 4.54. The Bertz CT molecular complexity index is 288. The minimum Gasteiger partial charge on any atom is -0.456 e. The van der Waals surface area contributed by atoms with Crippen LogP contribution in [0.3, 0.4) is 0 Å². The molecular formula is C11H12O2. The molecule has 0 aromatic heterocycles. The maximum absolute atomic E-state index is 10.4. The molecule has 68 valence electrons. The zero-order valence-electron chi connectivity index (χ0n) is 7.40. The molecule has 1 saturated carbocycles. The molecule has 0 spiro atoms. The third kappa shape index (κ3) is 1.32. The van der Waals surface area contributed by atoms with Gasteiger partial charge in [0.1, 0.15) is 5.60 Å². The van der Waals surface area contributed by atoms with Crippen molar-refractivity contribution in [1.82, 2.24) is 0 Å². The zero-order valence-corrected chi connectivity index (χ0v) is 7.40. The van der Waals surface area contributed by atoms with Gasteiger partial charge in [0.05, 0.1) is 0 Å². The van der Waals surface area contributed by atoms with Gasteiger partial charge in [0.25, 0.3) is 6.47 Å². The third-order valence-electron chi connectivity index (χ3n) is 2.73. The van der Waals surface area contributed by atoms with Gasteiger partial charge in [-0.15, -0.1) is 0 Å². The molecule has 2 nitrogen and oxygen atoms in total. The average molecular weight is 176 g/mol. The molecule has 0 heterocycles. The SMILES string of the molecule is O=COC1(c2ccccc2)CCC1. The monoisotopic (exact) mass is 176 g/mol. The fourth-order valence-electron chi connectivity index (χ4n) is 1.81. The maximum atomic E-state index is 10.4. The molecule has 1 aliphatic carbocycles. The quantitative estimate of drug-likeness (QED) is 0.660. The van der Waals surface area contributed by atoms with E-state index in [1.54, 1.807) is 0 Å². The number of carbonyl (C=O) groups is 1. The first kappa shape index (κ1) is 8.30. The summed E-state index contributed by atoms with van der Waals surface area (Å²) < 4.78 is 5.17. The van der Waals surface area contributed by atoms with E-state index in [4.69, 9.17) is 4.74 Å². The van der Waals surface area contributed by atoms with Crippen LogP contribution in [-0.2, 0) is 15.1 Å². The van der Waals surface area contributed by atoms with Crippen LogP contribution in [0.4, 0.5) is 0 Å². The van der Waals surface area contributed by atoms with E-state index in [0.29, 0.717) is 6.47 Å². The second kappa shape index (κ2) is 3.21. The van der Waals surface area contributed by atoms with Crippen molar-refractivity contribution >= 4 is 6.47 Å². The highest BCUT2D eigenvalue weighted by Gasteiger charge is 2.40. The fraction of sp³-hybridized carbons (Fsp3) is 0.364. The van der Waals surface area contributed by atoms with Gasteiger partial charge in [0, 0.05) is 0 Å². The molecule has 2 rings (SSSR count). The van der Waals surface area contributed by atoms with Crippen molar-refractivity contribution in [1.29, 1.82) is 0 Å². The number of benzene rings is 1. The van der Waals surface area contributed by atoms with Gasteiger partial charge in [-0.3, -0.25) is 4.79 Å². The van der Waals surface area contributed by atoms with E-state index in [1.807, 2.05) is 30.3 Å². The predicted molar refractivity (Wildman–Crippen MR) is 49.1 cm³/mol. The lowest BCUT2D eigenvalue weighted by molar-refractivity contribution is -0.155. The Balaban J connectivity index is 2.26. The van der Waals surface area contributed by atoms with E-state index < -0.39 is 0 Å². The summed E-state index contributed by atoms with van der Waals surface area (Å²) >= 11 is 0. The Morgan fingerprint density at radius 1 is 1.23 bits per heavy atom. The summed E-state index contributed by atoms with van der Waals surface area (Å²) in [7, 11) is 0. The van der Waals surface area contributed by atoms with Gasteiger partial charge < -0.3 is 4.74 Å². The van der Waals surface area contributed by atoms with Gasteiger partial charge in [-0.25, -0.2) is 0 Å². The van der Waals surface area contributed by atoms with Crippen LogP contribution in [0, 0.1) is 0 Å². The van der Waals surface area contributed by atoms with E-state index in [0.717, 1.165) is 24.8 Å². The molecule has 1 aromatic carbocycles. The van der Waals surface area contributed by atoms with Crippen molar-refractivity contribution < 1.29 is 9.53 Å². The molecule has 0 bridgehead atoms. The smallest absolute Gasteiger partial charge is 0.293 e. The Kier molecular flexibility index (Phi) is 2.05. The number of ether oxygens (including phenoxy) is 1. The lowest BCUT2D eigenvalue weighted by Crippen LogP contribution is -2.36. The molecule has 0 saturated heterocycles. The molecule has 2 heteroatoms. The molecule has 0 amide bonds. The van der Waals surface area contributed by atoms with Crippen LogP contribution in [-0.4, -0.2) is 6.47 Å². The van der Waals surface area contributed by atoms with Gasteiger partial charge in [-0.1, -0.05) is 30.3 Å². The van der Waals surface area contributed by atoms with Crippen molar-refractivity contribution in [2.24, 2.45) is 0 Å². The van der Waals surface area contributed by atoms with Crippen LogP contribution in [0.15, 0.2) is 30.3 Å². The van der Waals surface area contributed by atoms with Crippen LogP contribution in [0.25, 0.3) is 0 Å². The van der Waals surface area contributed by atoms with Crippen LogP contribution in [0.2, 0.25) is 0 Å². The predicted octanol–water partition coefficient (Wildman–Crippen LogP) is 2.24. The minimum atomic E-state index is -0.303. The molecule has 0 atom stereocenters. The van der Waals surface area contributed by atoms with Crippen LogP contribution in [0.1, 0.15) is 24.8 Å². The fourth-order valence-corrected chi connectivity index (χ4v) is 1.81. The highest BCUT2D eigenvalue weighted by molar-refractivity contribution is 5.41. The number of hydrogen-bond acceptors (Lipinski definition) is 2. The summed E-state index contributed by atoms with van der Waals surface area (Å²) in [6.45, 7) is 0.562. The third-order valence-corrected chi connectivity index (χ3v) is 2.73. The molecule has 13 heavy (non-hydrogen) atoms. The second-order valence-corrected chi connectivity index (χ2v) is 3.43. The number of rotatable bonds is 3. The van der Waals surface area contributed by atoms with E-state index in [2.05, 4.69) is 0 Å². The summed E-state index contributed by atoms with van der Waals surface area (Å²) in [6, 6.07) is 9.95. The van der Waals surface area contributed by atoms with Gasteiger partial charge >= 0.3 is 0 Å². The van der Waals surface area contributed by atoms with Crippen molar-refractivity contribution in [3.63, 3.8) is 0 Å². The molecule has 0 N–H and O–H groups in total. The summed E-state index contributed by atoms with van der Waals surface area (Å²) in [5.74, 6) is 0. The van der Waals surface area contributed by atoms with Crippen molar-refractivity contribution in [3.05, 3.63) is 35.9 Å². The molecule has 1 aliphatic rings. The molecule has 1 aromatic rings. The van der Waals surface area contributed by atoms with Crippen molar-refractivity contribution in [2.75, 3.05) is 0 Å². The Morgan fingerprint density at radius 2 is 1.92 bits per heavy atom. The summed E-state index contributed by atoms with van der Waals surface area (Å²) in [5, 5.41) is 0. The van der Waals surface area contributed by atoms with Gasteiger partial charge in [0.2, 0.25) is 0 Å².